The van der Waals surface area contributed by atoms with Crippen LogP contribution in [0.4, 0.5) is 0 Å². The summed E-state index contributed by atoms with van der Waals surface area (Å²) in [6, 6.07) is 4.05. The van der Waals surface area contributed by atoms with Crippen molar-refractivity contribution in [3.05, 3.63) is 29.6 Å². The zero-order chi connectivity index (χ0) is 13.4. The lowest BCUT2D eigenvalue weighted by Gasteiger charge is -2.33. The lowest BCUT2D eigenvalue weighted by atomic mass is 10.1. The first-order chi connectivity index (χ1) is 9.15. The summed E-state index contributed by atoms with van der Waals surface area (Å²) in [6.07, 6.45) is 1.81. The molecule has 0 radical (unpaired) electrons. The van der Waals surface area contributed by atoms with E-state index in [1.54, 1.807) is 6.20 Å². The monoisotopic (exact) mass is 261 g/mol. The van der Waals surface area contributed by atoms with Gasteiger partial charge in [-0.2, -0.15) is 0 Å². The molecule has 1 amide bonds. The standard InChI is InChI=1S/C14H19N3O2/c1-10-3-4-11(7-15-10)14(18)17-8-12-13(9-17)19-6-5-16(12)2/h3-4,7,12-13H,5-6,8-9H2,1-2H3/t12-,13+/m1/s1. The smallest absolute Gasteiger partial charge is 0.255 e. The Hall–Kier alpha value is -1.46. The first kappa shape index (κ1) is 12.6. The Morgan fingerprint density at radius 3 is 2.95 bits per heavy atom. The van der Waals surface area contributed by atoms with Gasteiger partial charge >= 0.3 is 0 Å². The molecule has 3 heterocycles. The predicted molar refractivity (Wildman–Crippen MR) is 71.0 cm³/mol. The van der Waals surface area contributed by atoms with Crippen LogP contribution in [0.1, 0.15) is 16.1 Å². The molecule has 1 aromatic rings. The zero-order valence-corrected chi connectivity index (χ0v) is 11.4. The summed E-state index contributed by atoms with van der Waals surface area (Å²) in [5.74, 6) is 0.0545. The minimum atomic E-state index is 0.0545. The molecule has 5 nitrogen and oxygen atoms in total. The van der Waals surface area contributed by atoms with Crippen LogP contribution in [0.3, 0.4) is 0 Å². The van der Waals surface area contributed by atoms with E-state index in [1.165, 1.54) is 0 Å². The Morgan fingerprint density at radius 2 is 2.26 bits per heavy atom. The average Bonchev–Trinajstić information content (AvgIpc) is 2.84. The molecule has 0 aromatic carbocycles. The van der Waals surface area contributed by atoms with E-state index < -0.39 is 0 Å². The van der Waals surface area contributed by atoms with Crippen molar-refractivity contribution in [2.75, 3.05) is 33.3 Å². The number of carbonyl (C=O) groups is 1. The number of likely N-dealkylation sites (N-methyl/N-ethyl adjacent to an activating group) is 1. The van der Waals surface area contributed by atoms with Crippen molar-refractivity contribution in [1.82, 2.24) is 14.8 Å². The molecule has 0 spiro atoms. The van der Waals surface area contributed by atoms with E-state index >= 15 is 0 Å². The summed E-state index contributed by atoms with van der Waals surface area (Å²) in [4.78, 5) is 20.8. The van der Waals surface area contributed by atoms with Crippen LogP contribution < -0.4 is 0 Å². The maximum absolute atomic E-state index is 12.4. The molecule has 2 aliphatic rings. The van der Waals surface area contributed by atoms with E-state index in [-0.39, 0.29) is 12.0 Å². The molecule has 0 unspecified atom stereocenters. The lowest BCUT2D eigenvalue weighted by Crippen LogP contribution is -2.48. The van der Waals surface area contributed by atoms with Crippen LogP contribution in [0.15, 0.2) is 18.3 Å². The van der Waals surface area contributed by atoms with E-state index in [1.807, 2.05) is 24.0 Å². The number of hydrogen-bond donors (Lipinski definition) is 0. The Bertz CT molecular complexity index is 474. The van der Waals surface area contributed by atoms with Crippen molar-refractivity contribution < 1.29 is 9.53 Å². The highest BCUT2D eigenvalue weighted by Gasteiger charge is 2.40. The fraction of sp³-hybridized carbons (Fsp3) is 0.571. The van der Waals surface area contributed by atoms with E-state index in [2.05, 4.69) is 16.9 Å². The van der Waals surface area contributed by atoms with Gasteiger partial charge < -0.3 is 9.64 Å². The minimum absolute atomic E-state index is 0.0545. The second-order valence-corrected chi connectivity index (χ2v) is 5.36. The van der Waals surface area contributed by atoms with Crippen molar-refractivity contribution in [3.8, 4) is 0 Å². The van der Waals surface area contributed by atoms with Crippen molar-refractivity contribution >= 4 is 5.91 Å². The van der Waals surface area contributed by atoms with Crippen LogP contribution in [0, 0.1) is 6.92 Å². The average molecular weight is 261 g/mol. The maximum Gasteiger partial charge on any atom is 0.255 e. The summed E-state index contributed by atoms with van der Waals surface area (Å²) in [6.45, 7) is 5.04. The number of aryl methyl sites for hydroxylation is 1. The van der Waals surface area contributed by atoms with Gasteiger partial charge in [-0.05, 0) is 26.1 Å². The maximum atomic E-state index is 12.4. The van der Waals surface area contributed by atoms with Gasteiger partial charge in [0.05, 0.1) is 24.3 Å². The molecule has 2 atom stereocenters. The Labute approximate surface area is 113 Å². The molecule has 3 rings (SSSR count). The molecule has 102 valence electrons. The Kier molecular flexibility index (Phi) is 3.24. The topological polar surface area (TPSA) is 45.7 Å². The molecule has 0 N–H and O–H groups in total. The molecular weight excluding hydrogens is 242 g/mol. The molecule has 0 aliphatic carbocycles. The second-order valence-electron chi connectivity index (χ2n) is 5.36. The molecule has 2 aliphatic heterocycles. The highest BCUT2D eigenvalue weighted by Crippen LogP contribution is 2.23. The van der Waals surface area contributed by atoms with Gasteiger partial charge in [-0.15, -0.1) is 0 Å². The van der Waals surface area contributed by atoms with E-state index in [9.17, 15) is 4.79 Å². The second kappa shape index (κ2) is 4.90. The predicted octanol–water partition coefficient (Wildman–Crippen LogP) is 0.545. The van der Waals surface area contributed by atoms with Crippen LogP contribution >= 0.6 is 0 Å². The molecule has 1 aromatic heterocycles. The summed E-state index contributed by atoms with van der Waals surface area (Å²) in [5, 5.41) is 0. The first-order valence-corrected chi connectivity index (χ1v) is 6.69. The number of rotatable bonds is 1. The first-order valence-electron chi connectivity index (χ1n) is 6.69. The van der Waals surface area contributed by atoms with Crippen molar-refractivity contribution in [1.29, 1.82) is 0 Å². The molecular formula is C14H19N3O2. The van der Waals surface area contributed by atoms with Gasteiger partial charge in [0, 0.05) is 31.5 Å². The van der Waals surface area contributed by atoms with Crippen molar-refractivity contribution in [2.24, 2.45) is 0 Å². The number of hydrogen-bond acceptors (Lipinski definition) is 4. The fourth-order valence-corrected chi connectivity index (χ4v) is 2.80. The minimum Gasteiger partial charge on any atom is -0.373 e. The summed E-state index contributed by atoms with van der Waals surface area (Å²) < 4.78 is 5.76. The summed E-state index contributed by atoms with van der Waals surface area (Å²) in [7, 11) is 2.10. The van der Waals surface area contributed by atoms with Crippen LogP contribution in [0.2, 0.25) is 0 Å². The van der Waals surface area contributed by atoms with Gasteiger partial charge in [-0.1, -0.05) is 0 Å². The van der Waals surface area contributed by atoms with E-state index in [0.717, 1.165) is 25.4 Å². The third kappa shape index (κ3) is 2.35. The largest absolute Gasteiger partial charge is 0.373 e. The van der Waals surface area contributed by atoms with Gasteiger partial charge in [-0.3, -0.25) is 14.7 Å². The number of likely N-dealkylation sites (tertiary alicyclic amines) is 1. The van der Waals surface area contributed by atoms with E-state index in [4.69, 9.17) is 4.74 Å². The zero-order valence-electron chi connectivity index (χ0n) is 11.4. The van der Waals surface area contributed by atoms with Crippen molar-refractivity contribution in [3.63, 3.8) is 0 Å². The molecule has 19 heavy (non-hydrogen) atoms. The fourth-order valence-electron chi connectivity index (χ4n) is 2.80. The number of pyridine rings is 1. The number of amides is 1. The number of fused-ring (bicyclic) bond motifs is 1. The highest BCUT2D eigenvalue weighted by atomic mass is 16.5. The molecule has 5 heteroatoms. The number of aromatic nitrogens is 1. The van der Waals surface area contributed by atoms with Gasteiger partial charge in [0.15, 0.2) is 0 Å². The van der Waals surface area contributed by atoms with E-state index in [0.29, 0.717) is 18.2 Å². The SMILES string of the molecule is Cc1ccc(C(=O)N2C[C@@H]3OCCN(C)[C@@H]3C2)cn1. The highest BCUT2D eigenvalue weighted by molar-refractivity contribution is 5.94. The normalized spacial score (nSPS) is 27.4. The Morgan fingerprint density at radius 1 is 1.42 bits per heavy atom. The molecule has 2 saturated heterocycles. The van der Waals surface area contributed by atoms with Crippen LogP contribution in [0.5, 0.6) is 0 Å². The quantitative estimate of drug-likeness (QED) is 0.740. The lowest BCUT2D eigenvalue weighted by molar-refractivity contribution is -0.0368. The van der Waals surface area contributed by atoms with Gasteiger partial charge in [-0.25, -0.2) is 0 Å². The summed E-state index contributed by atoms with van der Waals surface area (Å²) in [5.41, 5.74) is 1.58. The molecule has 2 fully saturated rings. The Balaban J connectivity index is 1.73. The number of morpholine rings is 1. The van der Waals surface area contributed by atoms with Gasteiger partial charge in [0.2, 0.25) is 0 Å². The van der Waals surface area contributed by atoms with Gasteiger partial charge in [0.1, 0.15) is 0 Å². The summed E-state index contributed by atoms with van der Waals surface area (Å²) >= 11 is 0. The van der Waals surface area contributed by atoms with Crippen LogP contribution in [-0.2, 0) is 4.74 Å². The van der Waals surface area contributed by atoms with Crippen molar-refractivity contribution in [2.45, 2.75) is 19.1 Å². The van der Waals surface area contributed by atoms with Crippen LogP contribution in [0.25, 0.3) is 0 Å². The third-order valence-corrected chi connectivity index (χ3v) is 4.02. The molecule has 0 bridgehead atoms. The molecule has 0 saturated carbocycles. The third-order valence-electron chi connectivity index (χ3n) is 4.02. The number of nitrogens with zero attached hydrogens (tertiary/aromatic N) is 3. The number of ether oxygens (including phenoxy) is 1. The number of carbonyl (C=O) groups excluding carboxylic acids is 1. The van der Waals surface area contributed by atoms with Gasteiger partial charge in [0.25, 0.3) is 5.91 Å². The van der Waals surface area contributed by atoms with Crippen LogP contribution in [-0.4, -0.2) is 66.1 Å².